The number of hydrogen-bond acceptors (Lipinski definition) is 2. The van der Waals surface area contributed by atoms with Crippen LogP contribution in [0.1, 0.15) is 42.4 Å². The Morgan fingerprint density at radius 2 is 1.77 bits per heavy atom. The van der Waals surface area contributed by atoms with Gasteiger partial charge in [-0.25, -0.2) is 0 Å². The summed E-state index contributed by atoms with van der Waals surface area (Å²) in [6, 6.07) is 17.6. The normalized spacial score (nSPS) is 15.1. The lowest BCUT2D eigenvalue weighted by molar-refractivity contribution is 0.305. The second kappa shape index (κ2) is 7.46. The Bertz CT molecular complexity index is 602. The molecule has 1 aliphatic rings. The van der Waals surface area contributed by atoms with E-state index < -0.39 is 0 Å². The van der Waals surface area contributed by atoms with Crippen molar-refractivity contribution < 1.29 is 4.74 Å². The number of benzene rings is 2. The number of aryl methyl sites for hydroxylation is 1. The van der Waals surface area contributed by atoms with Crippen molar-refractivity contribution in [2.24, 2.45) is 0 Å². The van der Waals surface area contributed by atoms with E-state index in [2.05, 4.69) is 54.7 Å². The van der Waals surface area contributed by atoms with E-state index in [0.717, 1.165) is 12.3 Å². The maximum absolute atomic E-state index is 5.93. The third-order valence-corrected chi connectivity index (χ3v) is 4.34. The largest absolute Gasteiger partial charge is 0.489 e. The molecule has 1 N–H and O–H groups in total. The summed E-state index contributed by atoms with van der Waals surface area (Å²) in [5, 5.41) is 3.65. The Labute approximate surface area is 133 Å². The van der Waals surface area contributed by atoms with Crippen LogP contribution < -0.4 is 10.1 Å². The maximum atomic E-state index is 5.93. The Morgan fingerprint density at radius 1 is 1.00 bits per heavy atom. The van der Waals surface area contributed by atoms with Gasteiger partial charge in [0.2, 0.25) is 0 Å². The summed E-state index contributed by atoms with van der Waals surface area (Å²) >= 11 is 0. The molecule has 0 radical (unpaired) electrons. The lowest BCUT2D eigenvalue weighted by Crippen LogP contribution is -2.25. The molecule has 0 aromatic heterocycles. The zero-order valence-electron chi connectivity index (χ0n) is 13.3. The lowest BCUT2D eigenvalue weighted by atomic mass is 10.1. The Kier molecular flexibility index (Phi) is 5.12. The summed E-state index contributed by atoms with van der Waals surface area (Å²) in [5.74, 6) is 0.951. The van der Waals surface area contributed by atoms with Crippen molar-refractivity contribution in [2.45, 2.75) is 51.8 Å². The van der Waals surface area contributed by atoms with Crippen LogP contribution in [0.5, 0.6) is 5.75 Å². The van der Waals surface area contributed by atoms with Crippen LogP contribution in [0.3, 0.4) is 0 Å². The van der Waals surface area contributed by atoms with Crippen LogP contribution in [0.15, 0.2) is 48.5 Å². The van der Waals surface area contributed by atoms with Gasteiger partial charge in [0.1, 0.15) is 12.4 Å². The van der Waals surface area contributed by atoms with Gasteiger partial charge in [0.15, 0.2) is 0 Å². The van der Waals surface area contributed by atoms with Gasteiger partial charge in [-0.05, 0) is 43.0 Å². The fourth-order valence-electron chi connectivity index (χ4n) is 3.11. The molecule has 2 aromatic carbocycles. The van der Waals surface area contributed by atoms with E-state index in [1.165, 1.54) is 42.4 Å². The molecule has 3 rings (SSSR count). The molecule has 0 amide bonds. The van der Waals surface area contributed by atoms with Crippen molar-refractivity contribution in [1.29, 1.82) is 0 Å². The summed E-state index contributed by atoms with van der Waals surface area (Å²) in [5.41, 5.74) is 3.79. The molecule has 0 heterocycles. The number of ether oxygens (including phenoxy) is 1. The first-order valence-corrected chi connectivity index (χ1v) is 8.30. The third kappa shape index (κ3) is 4.35. The molecule has 0 bridgehead atoms. The molecule has 22 heavy (non-hydrogen) atoms. The van der Waals surface area contributed by atoms with Crippen molar-refractivity contribution in [2.75, 3.05) is 0 Å². The molecule has 2 nitrogen and oxygen atoms in total. The van der Waals surface area contributed by atoms with Crippen molar-refractivity contribution in [3.8, 4) is 5.75 Å². The average molecular weight is 295 g/mol. The molecule has 1 saturated carbocycles. The van der Waals surface area contributed by atoms with Crippen LogP contribution in [0.2, 0.25) is 0 Å². The molecule has 2 aromatic rings. The molecule has 0 spiro atoms. The summed E-state index contributed by atoms with van der Waals surface area (Å²) in [6.07, 6.45) is 5.39. The molecule has 0 atom stereocenters. The van der Waals surface area contributed by atoms with Crippen molar-refractivity contribution in [3.63, 3.8) is 0 Å². The van der Waals surface area contributed by atoms with Crippen LogP contribution >= 0.6 is 0 Å². The summed E-state index contributed by atoms with van der Waals surface area (Å²) in [4.78, 5) is 0. The van der Waals surface area contributed by atoms with E-state index in [9.17, 15) is 0 Å². The first-order valence-electron chi connectivity index (χ1n) is 8.30. The molecular weight excluding hydrogens is 270 g/mol. The van der Waals surface area contributed by atoms with Crippen molar-refractivity contribution in [3.05, 3.63) is 65.2 Å². The fourth-order valence-corrected chi connectivity index (χ4v) is 3.11. The highest BCUT2D eigenvalue weighted by atomic mass is 16.5. The predicted molar refractivity (Wildman–Crippen MR) is 91.0 cm³/mol. The van der Waals surface area contributed by atoms with Gasteiger partial charge in [-0.2, -0.15) is 0 Å². The highest BCUT2D eigenvalue weighted by Crippen LogP contribution is 2.19. The van der Waals surface area contributed by atoms with Gasteiger partial charge in [0.25, 0.3) is 0 Å². The average Bonchev–Trinajstić information content (AvgIpc) is 3.05. The van der Waals surface area contributed by atoms with Crippen LogP contribution in [0.25, 0.3) is 0 Å². The Morgan fingerprint density at radius 3 is 2.59 bits per heavy atom. The van der Waals surface area contributed by atoms with E-state index in [0.29, 0.717) is 12.6 Å². The van der Waals surface area contributed by atoms with E-state index in [-0.39, 0.29) is 0 Å². The van der Waals surface area contributed by atoms with Crippen molar-refractivity contribution >= 4 is 0 Å². The van der Waals surface area contributed by atoms with Crippen LogP contribution in [0.4, 0.5) is 0 Å². The number of rotatable bonds is 6. The van der Waals surface area contributed by atoms with Gasteiger partial charge in [0, 0.05) is 12.6 Å². The first kappa shape index (κ1) is 15.1. The smallest absolute Gasteiger partial charge is 0.120 e. The molecule has 0 unspecified atom stereocenters. The molecule has 0 saturated heterocycles. The fraction of sp³-hybridized carbons (Fsp3) is 0.400. The topological polar surface area (TPSA) is 21.3 Å². The van der Waals surface area contributed by atoms with Gasteiger partial charge < -0.3 is 10.1 Å². The minimum atomic E-state index is 0.626. The predicted octanol–water partition coefficient (Wildman–Crippen LogP) is 4.61. The van der Waals surface area contributed by atoms with E-state index >= 15 is 0 Å². The first-order chi connectivity index (χ1) is 10.8. The number of hydrogen-bond donors (Lipinski definition) is 1. The van der Waals surface area contributed by atoms with Gasteiger partial charge in [-0.3, -0.25) is 0 Å². The third-order valence-electron chi connectivity index (χ3n) is 4.34. The molecule has 0 aliphatic heterocycles. The zero-order valence-corrected chi connectivity index (χ0v) is 13.3. The van der Waals surface area contributed by atoms with Crippen LogP contribution in [-0.2, 0) is 13.2 Å². The number of nitrogens with one attached hydrogen (secondary N) is 1. The second-order valence-corrected chi connectivity index (χ2v) is 6.29. The molecule has 1 aliphatic carbocycles. The van der Waals surface area contributed by atoms with Gasteiger partial charge >= 0.3 is 0 Å². The summed E-state index contributed by atoms with van der Waals surface area (Å²) in [7, 11) is 0. The Hall–Kier alpha value is -1.80. The maximum Gasteiger partial charge on any atom is 0.120 e. The summed E-state index contributed by atoms with van der Waals surface area (Å²) in [6.45, 7) is 3.67. The lowest BCUT2D eigenvalue weighted by Gasteiger charge is -2.13. The SMILES string of the molecule is Cc1cccc(COc2cccc(CNC3CCCC3)c2)c1. The van der Waals surface area contributed by atoms with Gasteiger partial charge in [0.05, 0.1) is 0 Å². The van der Waals surface area contributed by atoms with Crippen molar-refractivity contribution in [1.82, 2.24) is 5.32 Å². The molecular formula is C20H25NO. The summed E-state index contributed by atoms with van der Waals surface area (Å²) < 4.78 is 5.93. The quantitative estimate of drug-likeness (QED) is 0.840. The van der Waals surface area contributed by atoms with Crippen LogP contribution in [-0.4, -0.2) is 6.04 Å². The minimum absolute atomic E-state index is 0.626. The monoisotopic (exact) mass is 295 g/mol. The molecule has 116 valence electrons. The Balaban J connectivity index is 1.54. The van der Waals surface area contributed by atoms with E-state index in [4.69, 9.17) is 4.74 Å². The molecule has 1 fully saturated rings. The van der Waals surface area contributed by atoms with Crippen LogP contribution in [0, 0.1) is 6.92 Å². The van der Waals surface area contributed by atoms with E-state index in [1.807, 2.05) is 6.07 Å². The minimum Gasteiger partial charge on any atom is -0.489 e. The van der Waals surface area contributed by atoms with Gasteiger partial charge in [-0.1, -0.05) is 54.8 Å². The van der Waals surface area contributed by atoms with E-state index in [1.54, 1.807) is 0 Å². The molecule has 2 heteroatoms. The van der Waals surface area contributed by atoms with Gasteiger partial charge in [-0.15, -0.1) is 0 Å². The second-order valence-electron chi connectivity index (χ2n) is 6.29. The highest BCUT2D eigenvalue weighted by Gasteiger charge is 2.13. The highest BCUT2D eigenvalue weighted by molar-refractivity contribution is 5.29. The zero-order chi connectivity index (χ0) is 15.2. The standard InChI is InChI=1S/C20H25NO/c1-16-6-4-8-18(12-16)15-22-20-11-5-7-17(13-20)14-21-19-9-2-3-10-19/h4-8,11-13,19,21H,2-3,9-10,14-15H2,1H3.